The third-order valence-corrected chi connectivity index (χ3v) is 2.25. The molecule has 0 aliphatic rings. The lowest BCUT2D eigenvalue weighted by Crippen LogP contribution is -2.28. The van der Waals surface area contributed by atoms with Crippen LogP contribution in [-0.4, -0.2) is 34.8 Å². The Labute approximate surface area is 94.9 Å². The molecule has 15 heavy (non-hydrogen) atoms. The molecule has 0 amide bonds. The van der Waals surface area contributed by atoms with Crippen LogP contribution in [-0.2, 0) is 0 Å². The van der Waals surface area contributed by atoms with Crippen molar-refractivity contribution in [2.24, 2.45) is 0 Å². The highest BCUT2D eigenvalue weighted by molar-refractivity contribution is 6.29. The van der Waals surface area contributed by atoms with Crippen molar-refractivity contribution in [3.8, 4) is 0 Å². The average Bonchev–Trinajstić information content (AvgIpc) is 2.24. The molecular weight excluding hydrogens is 214 g/mol. The molecule has 0 saturated carbocycles. The van der Waals surface area contributed by atoms with Crippen molar-refractivity contribution in [2.75, 3.05) is 24.6 Å². The van der Waals surface area contributed by atoms with E-state index in [1.165, 1.54) is 6.20 Å². The Kier molecular flexibility index (Phi) is 5.36. The lowest BCUT2D eigenvalue weighted by atomic mass is 10.3. The molecule has 1 N–H and O–H groups in total. The second-order valence-electron chi connectivity index (χ2n) is 3.26. The van der Waals surface area contributed by atoms with E-state index < -0.39 is 0 Å². The van der Waals surface area contributed by atoms with Crippen LogP contribution in [0.25, 0.3) is 0 Å². The first-order valence-corrected chi connectivity index (χ1v) is 5.49. The average molecular weight is 230 g/mol. The van der Waals surface area contributed by atoms with Gasteiger partial charge in [-0.15, -0.1) is 0 Å². The van der Waals surface area contributed by atoms with Gasteiger partial charge in [0.1, 0.15) is 11.0 Å². The number of hydrogen-bond donors (Lipinski definition) is 1. The number of aliphatic hydroxyl groups is 1. The molecule has 84 valence electrons. The second kappa shape index (κ2) is 6.58. The summed E-state index contributed by atoms with van der Waals surface area (Å²) in [6.45, 7) is 3.67. The van der Waals surface area contributed by atoms with Crippen LogP contribution in [0.3, 0.4) is 0 Å². The summed E-state index contributed by atoms with van der Waals surface area (Å²) < 4.78 is 0. The van der Waals surface area contributed by atoms with Crippen LogP contribution in [0, 0.1) is 0 Å². The van der Waals surface area contributed by atoms with Gasteiger partial charge in [-0.2, -0.15) is 0 Å². The Morgan fingerprint density at radius 3 is 2.80 bits per heavy atom. The number of anilines is 1. The van der Waals surface area contributed by atoms with Crippen molar-refractivity contribution in [2.45, 2.75) is 19.8 Å². The van der Waals surface area contributed by atoms with Crippen LogP contribution in [0.2, 0.25) is 5.15 Å². The maximum Gasteiger partial charge on any atom is 0.149 e. The molecule has 0 unspecified atom stereocenters. The smallest absolute Gasteiger partial charge is 0.149 e. The number of rotatable bonds is 6. The number of unbranched alkanes of at least 4 members (excludes halogenated alkanes) is 1. The van der Waals surface area contributed by atoms with E-state index >= 15 is 0 Å². The summed E-state index contributed by atoms with van der Waals surface area (Å²) in [6.07, 6.45) is 5.34. The first kappa shape index (κ1) is 12.2. The molecule has 1 heterocycles. The normalized spacial score (nSPS) is 10.3. The number of nitrogens with zero attached hydrogens (tertiary/aromatic N) is 3. The van der Waals surface area contributed by atoms with Crippen molar-refractivity contribution >= 4 is 17.4 Å². The van der Waals surface area contributed by atoms with Crippen LogP contribution >= 0.6 is 11.6 Å². The van der Waals surface area contributed by atoms with E-state index in [0.717, 1.165) is 25.2 Å². The van der Waals surface area contributed by atoms with Crippen LogP contribution in [0.1, 0.15) is 19.8 Å². The zero-order valence-corrected chi connectivity index (χ0v) is 9.61. The molecule has 0 atom stereocenters. The first-order valence-electron chi connectivity index (χ1n) is 5.11. The highest BCUT2D eigenvalue weighted by Crippen LogP contribution is 2.12. The summed E-state index contributed by atoms with van der Waals surface area (Å²) in [4.78, 5) is 10.1. The number of hydrogen-bond acceptors (Lipinski definition) is 4. The number of halogens is 1. The van der Waals surface area contributed by atoms with Crippen molar-refractivity contribution in [3.63, 3.8) is 0 Å². The SMILES string of the molecule is CCCCN(CCO)c1cncc(Cl)n1. The number of aromatic nitrogens is 2. The Balaban J connectivity index is 2.69. The molecule has 5 heteroatoms. The van der Waals surface area contributed by atoms with Crippen LogP contribution in [0.5, 0.6) is 0 Å². The molecule has 0 bridgehead atoms. The van der Waals surface area contributed by atoms with Gasteiger partial charge in [-0.1, -0.05) is 24.9 Å². The monoisotopic (exact) mass is 229 g/mol. The third kappa shape index (κ3) is 4.01. The van der Waals surface area contributed by atoms with Crippen LogP contribution < -0.4 is 4.90 Å². The maximum absolute atomic E-state index is 8.94. The molecule has 0 aliphatic heterocycles. The van der Waals surface area contributed by atoms with Gasteiger partial charge >= 0.3 is 0 Å². The van der Waals surface area contributed by atoms with Gasteiger partial charge < -0.3 is 10.0 Å². The topological polar surface area (TPSA) is 49.2 Å². The fraction of sp³-hybridized carbons (Fsp3) is 0.600. The molecule has 0 radical (unpaired) electrons. The van der Waals surface area contributed by atoms with E-state index in [1.54, 1.807) is 6.20 Å². The Morgan fingerprint density at radius 2 is 2.20 bits per heavy atom. The molecule has 0 aromatic carbocycles. The first-order chi connectivity index (χ1) is 7.27. The van der Waals surface area contributed by atoms with Gasteiger partial charge in [0.15, 0.2) is 0 Å². The van der Waals surface area contributed by atoms with Crippen molar-refractivity contribution in [1.29, 1.82) is 0 Å². The standard InChI is InChI=1S/C10H16ClN3O/c1-2-3-4-14(5-6-15)10-8-12-7-9(11)13-10/h7-8,15H,2-6H2,1H3. The fourth-order valence-electron chi connectivity index (χ4n) is 1.30. The minimum atomic E-state index is 0.109. The molecule has 1 aromatic rings. The van der Waals surface area contributed by atoms with Gasteiger partial charge in [-0.25, -0.2) is 4.98 Å². The summed E-state index contributed by atoms with van der Waals surface area (Å²) in [7, 11) is 0. The highest BCUT2D eigenvalue weighted by Gasteiger charge is 2.07. The van der Waals surface area contributed by atoms with Gasteiger partial charge in [0.2, 0.25) is 0 Å². The van der Waals surface area contributed by atoms with Crippen LogP contribution in [0.15, 0.2) is 12.4 Å². The van der Waals surface area contributed by atoms with E-state index in [4.69, 9.17) is 16.7 Å². The maximum atomic E-state index is 8.94. The Bertz CT molecular complexity index is 296. The number of aliphatic hydroxyl groups excluding tert-OH is 1. The van der Waals surface area contributed by atoms with Gasteiger partial charge in [0.25, 0.3) is 0 Å². The molecule has 0 spiro atoms. The van der Waals surface area contributed by atoms with Crippen molar-refractivity contribution in [1.82, 2.24) is 9.97 Å². The predicted molar refractivity (Wildman–Crippen MR) is 61.2 cm³/mol. The van der Waals surface area contributed by atoms with Gasteiger partial charge in [0.05, 0.1) is 19.0 Å². The second-order valence-corrected chi connectivity index (χ2v) is 3.65. The van der Waals surface area contributed by atoms with Crippen molar-refractivity contribution in [3.05, 3.63) is 17.5 Å². The van der Waals surface area contributed by atoms with E-state index in [9.17, 15) is 0 Å². The summed E-state index contributed by atoms with van der Waals surface area (Å²) in [5.41, 5.74) is 0. The summed E-state index contributed by atoms with van der Waals surface area (Å²) in [6, 6.07) is 0. The summed E-state index contributed by atoms with van der Waals surface area (Å²) in [5, 5.41) is 9.33. The zero-order chi connectivity index (χ0) is 11.1. The van der Waals surface area contributed by atoms with E-state index in [1.807, 2.05) is 4.90 Å². The van der Waals surface area contributed by atoms with Crippen LogP contribution in [0.4, 0.5) is 5.82 Å². The third-order valence-electron chi connectivity index (χ3n) is 2.07. The predicted octanol–water partition coefficient (Wildman–Crippen LogP) is 1.73. The summed E-state index contributed by atoms with van der Waals surface area (Å²) >= 11 is 5.76. The lowest BCUT2D eigenvalue weighted by molar-refractivity contribution is 0.301. The zero-order valence-electron chi connectivity index (χ0n) is 8.86. The van der Waals surface area contributed by atoms with Gasteiger partial charge in [-0.3, -0.25) is 4.98 Å². The molecule has 0 fully saturated rings. The Hall–Kier alpha value is -0.870. The molecule has 1 rings (SSSR count). The molecule has 0 aliphatic carbocycles. The molecular formula is C10H16ClN3O. The Morgan fingerprint density at radius 1 is 1.40 bits per heavy atom. The van der Waals surface area contributed by atoms with Crippen molar-refractivity contribution < 1.29 is 5.11 Å². The molecule has 1 aromatic heterocycles. The highest BCUT2D eigenvalue weighted by atomic mass is 35.5. The quantitative estimate of drug-likeness (QED) is 0.807. The largest absolute Gasteiger partial charge is 0.395 e. The van der Waals surface area contributed by atoms with Gasteiger partial charge in [-0.05, 0) is 6.42 Å². The fourth-order valence-corrected chi connectivity index (χ4v) is 1.44. The summed E-state index contributed by atoms with van der Waals surface area (Å²) in [5.74, 6) is 0.727. The van der Waals surface area contributed by atoms with E-state index in [-0.39, 0.29) is 6.61 Å². The minimum absolute atomic E-state index is 0.109. The van der Waals surface area contributed by atoms with Gasteiger partial charge in [0, 0.05) is 13.1 Å². The molecule has 0 saturated heterocycles. The molecule has 4 nitrogen and oxygen atoms in total. The minimum Gasteiger partial charge on any atom is -0.395 e. The van der Waals surface area contributed by atoms with E-state index in [0.29, 0.717) is 11.7 Å². The van der Waals surface area contributed by atoms with E-state index in [2.05, 4.69) is 16.9 Å². The lowest BCUT2D eigenvalue weighted by Gasteiger charge is -2.21.